The Morgan fingerprint density at radius 2 is 1.66 bits per heavy atom. The molecule has 0 bridgehead atoms. The van der Waals surface area contributed by atoms with Crippen molar-refractivity contribution in [1.82, 2.24) is 9.47 Å². The highest BCUT2D eigenvalue weighted by Gasteiger charge is 2.16. The Kier molecular flexibility index (Phi) is 9.07. The summed E-state index contributed by atoms with van der Waals surface area (Å²) >= 11 is 0. The van der Waals surface area contributed by atoms with Crippen molar-refractivity contribution in [3.8, 4) is 0 Å². The van der Waals surface area contributed by atoms with E-state index in [2.05, 4.69) is 15.9 Å². The van der Waals surface area contributed by atoms with Crippen molar-refractivity contribution in [1.29, 1.82) is 0 Å². The zero-order chi connectivity index (χ0) is 21.1. The van der Waals surface area contributed by atoms with Crippen molar-refractivity contribution in [3.05, 3.63) is 76.5 Å². The SMILES string of the molecule is CC(=O)c1ccc2c(c1)oc(=O)n2C/C=C\CN1CCN(c2ccc(F)cc2)CC1.Cl.Cl. The molecule has 9 heteroatoms. The third-order valence-corrected chi connectivity index (χ3v) is 5.46. The number of halogens is 3. The first kappa shape index (κ1) is 25.6. The number of allylic oxidation sites excluding steroid dienone is 1. The third-order valence-electron chi connectivity index (χ3n) is 5.46. The second-order valence-electron chi connectivity index (χ2n) is 7.45. The van der Waals surface area contributed by atoms with Crippen molar-refractivity contribution < 1.29 is 13.6 Å². The fourth-order valence-electron chi connectivity index (χ4n) is 3.70. The average Bonchev–Trinajstić information content (AvgIpc) is 3.06. The third kappa shape index (κ3) is 5.79. The zero-order valence-electron chi connectivity index (χ0n) is 17.7. The van der Waals surface area contributed by atoms with Crippen LogP contribution in [0.15, 0.2) is 63.8 Å². The lowest BCUT2D eigenvalue weighted by Gasteiger charge is -2.35. The number of hydrogen-bond acceptors (Lipinski definition) is 5. The van der Waals surface area contributed by atoms with E-state index in [1.165, 1.54) is 19.1 Å². The summed E-state index contributed by atoms with van der Waals surface area (Å²) in [5, 5.41) is 0. The first-order valence-electron chi connectivity index (χ1n) is 10.0. The van der Waals surface area contributed by atoms with E-state index in [0.717, 1.165) is 38.4 Å². The highest BCUT2D eigenvalue weighted by Crippen LogP contribution is 2.17. The van der Waals surface area contributed by atoms with Crippen LogP contribution >= 0.6 is 24.8 Å². The molecule has 0 atom stereocenters. The molecule has 32 heavy (non-hydrogen) atoms. The fourth-order valence-corrected chi connectivity index (χ4v) is 3.70. The molecule has 3 aromatic rings. The van der Waals surface area contributed by atoms with Crippen LogP contribution in [0, 0.1) is 5.82 Å². The number of aromatic nitrogens is 1. The smallest absolute Gasteiger partial charge is 0.408 e. The van der Waals surface area contributed by atoms with Gasteiger partial charge in [0.25, 0.3) is 0 Å². The van der Waals surface area contributed by atoms with Gasteiger partial charge in [0.2, 0.25) is 0 Å². The molecule has 1 aliphatic rings. The van der Waals surface area contributed by atoms with Gasteiger partial charge in [0, 0.05) is 50.5 Å². The Morgan fingerprint density at radius 3 is 2.31 bits per heavy atom. The lowest BCUT2D eigenvalue weighted by molar-refractivity contribution is 0.101. The monoisotopic (exact) mass is 481 g/mol. The number of piperazine rings is 1. The van der Waals surface area contributed by atoms with E-state index in [9.17, 15) is 14.0 Å². The van der Waals surface area contributed by atoms with Crippen molar-refractivity contribution >= 4 is 47.4 Å². The molecule has 0 spiro atoms. The molecule has 0 radical (unpaired) electrons. The number of oxazole rings is 1. The van der Waals surface area contributed by atoms with Crippen LogP contribution in [0.3, 0.4) is 0 Å². The molecule has 1 saturated heterocycles. The van der Waals surface area contributed by atoms with Gasteiger partial charge < -0.3 is 9.32 Å². The molecule has 0 saturated carbocycles. The van der Waals surface area contributed by atoms with E-state index in [4.69, 9.17) is 4.42 Å². The van der Waals surface area contributed by atoms with E-state index in [-0.39, 0.29) is 36.4 Å². The average molecular weight is 482 g/mol. The van der Waals surface area contributed by atoms with Crippen LogP contribution in [-0.2, 0) is 6.54 Å². The topological polar surface area (TPSA) is 58.7 Å². The standard InChI is InChI=1S/C23H24FN3O3.2ClH/c1-17(28)18-4-9-21-22(16-18)30-23(29)27(21)11-3-2-10-25-12-14-26(15-13-25)20-7-5-19(24)6-8-20;;/h2-9,16H,10-15H2,1H3;2*1H/b3-2-;;. The van der Waals surface area contributed by atoms with E-state index in [0.29, 0.717) is 23.2 Å². The van der Waals surface area contributed by atoms with Gasteiger partial charge in [-0.1, -0.05) is 12.2 Å². The Balaban J connectivity index is 0.00000181. The first-order valence-corrected chi connectivity index (χ1v) is 10.0. The highest BCUT2D eigenvalue weighted by molar-refractivity contribution is 5.96. The molecule has 2 heterocycles. The fraction of sp³-hybridized carbons (Fsp3) is 0.304. The molecule has 0 unspecified atom stereocenters. The number of ketones is 1. The number of rotatable bonds is 6. The van der Waals surface area contributed by atoms with Crippen LogP contribution in [0.5, 0.6) is 0 Å². The van der Waals surface area contributed by atoms with Crippen LogP contribution in [0.2, 0.25) is 0 Å². The Bertz CT molecular complexity index is 1130. The largest absolute Gasteiger partial charge is 0.420 e. The summed E-state index contributed by atoms with van der Waals surface area (Å²) < 4.78 is 19.9. The van der Waals surface area contributed by atoms with Crippen LogP contribution in [0.25, 0.3) is 11.1 Å². The van der Waals surface area contributed by atoms with Gasteiger partial charge in [-0.2, -0.15) is 0 Å². The number of fused-ring (bicyclic) bond motifs is 1. The lowest BCUT2D eigenvalue weighted by atomic mass is 10.1. The quantitative estimate of drug-likeness (QED) is 0.390. The molecule has 0 N–H and O–H groups in total. The summed E-state index contributed by atoms with van der Waals surface area (Å²) in [5.74, 6) is -0.707. The summed E-state index contributed by atoms with van der Waals surface area (Å²) in [6.45, 7) is 6.33. The van der Waals surface area contributed by atoms with Crippen LogP contribution < -0.4 is 10.7 Å². The van der Waals surface area contributed by atoms with Gasteiger partial charge in [0.05, 0.1) is 5.52 Å². The molecule has 0 aliphatic carbocycles. The van der Waals surface area contributed by atoms with Gasteiger partial charge >= 0.3 is 5.76 Å². The van der Waals surface area contributed by atoms with Gasteiger partial charge in [-0.05, 0) is 49.4 Å². The summed E-state index contributed by atoms with van der Waals surface area (Å²) in [4.78, 5) is 28.2. The summed E-state index contributed by atoms with van der Waals surface area (Å²) in [7, 11) is 0. The van der Waals surface area contributed by atoms with Crippen molar-refractivity contribution in [2.24, 2.45) is 0 Å². The van der Waals surface area contributed by atoms with Gasteiger partial charge in [0.1, 0.15) is 5.82 Å². The van der Waals surface area contributed by atoms with E-state index < -0.39 is 5.76 Å². The molecule has 1 fully saturated rings. The maximum Gasteiger partial charge on any atom is 0.420 e. The second-order valence-corrected chi connectivity index (χ2v) is 7.45. The highest BCUT2D eigenvalue weighted by atomic mass is 35.5. The normalized spacial score (nSPS) is 14.4. The maximum absolute atomic E-state index is 13.1. The zero-order valence-corrected chi connectivity index (χ0v) is 19.3. The predicted octanol–water partition coefficient (Wildman–Crippen LogP) is 4.16. The minimum Gasteiger partial charge on any atom is -0.408 e. The second kappa shape index (κ2) is 11.3. The molecular weight excluding hydrogens is 456 g/mol. The van der Waals surface area contributed by atoms with E-state index >= 15 is 0 Å². The minimum atomic E-state index is -0.428. The first-order chi connectivity index (χ1) is 14.5. The Hall–Kier alpha value is -2.61. The van der Waals surface area contributed by atoms with E-state index in [1.807, 2.05) is 18.2 Å². The van der Waals surface area contributed by atoms with Crippen molar-refractivity contribution in [3.63, 3.8) is 0 Å². The minimum absolute atomic E-state index is 0. The molecule has 172 valence electrons. The lowest BCUT2D eigenvalue weighted by Crippen LogP contribution is -2.46. The van der Waals surface area contributed by atoms with Crippen LogP contribution in [0.1, 0.15) is 17.3 Å². The molecule has 4 rings (SSSR count). The number of nitrogens with zero attached hydrogens (tertiary/aromatic N) is 3. The van der Waals surface area contributed by atoms with Crippen LogP contribution in [-0.4, -0.2) is 48.0 Å². The maximum atomic E-state index is 13.1. The molecular formula is C23H26Cl2FN3O3. The Labute approximate surface area is 198 Å². The molecule has 0 amide bonds. The van der Waals surface area contributed by atoms with Crippen LogP contribution in [0.4, 0.5) is 10.1 Å². The molecule has 2 aromatic carbocycles. The number of carbonyl (C=O) groups is 1. The summed E-state index contributed by atoms with van der Waals surface area (Å²) in [5.41, 5.74) is 2.69. The number of benzene rings is 2. The van der Waals surface area contributed by atoms with Gasteiger partial charge in [0.15, 0.2) is 11.4 Å². The number of hydrogen-bond donors (Lipinski definition) is 0. The number of Topliss-reactive ketones (excluding diaryl/α,β-unsaturated/α-hetero) is 1. The number of anilines is 1. The van der Waals surface area contributed by atoms with Gasteiger partial charge in [-0.15, -0.1) is 24.8 Å². The molecule has 6 nitrogen and oxygen atoms in total. The van der Waals surface area contributed by atoms with E-state index in [1.54, 1.807) is 22.8 Å². The number of carbonyl (C=O) groups excluding carboxylic acids is 1. The molecule has 1 aliphatic heterocycles. The summed E-state index contributed by atoms with van der Waals surface area (Å²) in [6.07, 6.45) is 4.02. The van der Waals surface area contributed by atoms with Gasteiger partial charge in [-0.3, -0.25) is 14.3 Å². The molecule has 1 aromatic heterocycles. The Morgan fingerprint density at radius 1 is 1.00 bits per heavy atom. The van der Waals surface area contributed by atoms with Crippen molar-refractivity contribution in [2.75, 3.05) is 37.6 Å². The summed E-state index contributed by atoms with van der Waals surface area (Å²) in [6, 6.07) is 11.7. The van der Waals surface area contributed by atoms with Crippen molar-refractivity contribution in [2.45, 2.75) is 13.5 Å². The predicted molar refractivity (Wildman–Crippen MR) is 129 cm³/mol. The van der Waals surface area contributed by atoms with Gasteiger partial charge in [-0.25, -0.2) is 9.18 Å².